The van der Waals surface area contributed by atoms with Crippen molar-refractivity contribution in [2.45, 2.75) is 25.2 Å². The minimum absolute atomic E-state index is 0.185. The Kier molecular flexibility index (Phi) is 3.73. The molecule has 6 heteroatoms. The minimum Gasteiger partial charge on any atom is -0.396 e. The van der Waals surface area contributed by atoms with Gasteiger partial charge in [-0.2, -0.15) is 0 Å². The van der Waals surface area contributed by atoms with Gasteiger partial charge < -0.3 is 10.6 Å². The molecule has 0 bridgehead atoms. The van der Waals surface area contributed by atoms with Crippen molar-refractivity contribution < 1.29 is 8.42 Å². The van der Waals surface area contributed by atoms with Crippen molar-refractivity contribution in [1.29, 1.82) is 0 Å². The Hall–Kier alpha value is -1.27. The van der Waals surface area contributed by atoms with Crippen molar-refractivity contribution in [1.82, 2.24) is 4.31 Å². The summed E-state index contributed by atoms with van der Waals surface area (Å²) in [5.41, 5.74) is 7.53. The SMILES string of the molecule is CN(C)S(=O)(=O)c1cccc(N2CCC(C)(C)C2)c1N. The van der Waals surface area contributed by atoms with Crippen LogP contribution in [0.25, 0.3) is 0 Å². The van der Waals surface area contributed by atoms with E-state index in [1.807, 2.05) is 6.07 Å². The van der Waals surface area contributed by atoms with E-state index in [4.69, 9.17) is 5.73 Å². The molecule has 0 atom stereocenters. The van der Waals surface area contributed by atoms with E-state index in [2.05, 4.69) is 18.7 Å². The molecule has 1 saturated heterocycles. The number of para-hydroxylation sites is 1. The molecule has 0 saturated carbocycles. The van der Waals surface area contributed by atoms with E-state index in [9.17, 15) is 8.42 Å². The lowest BCUT2D eigenvalue weighted by atomic mass is 9.93. The molecule has 2 N–H and O–H groups in total. The van der Waals surface area contributed by atoms with Gasteiger partial charge in [-0.1, -0.05) is 19.9 Å². The number of nitrogens with zero attached hydrogens (tertiary/aromatic N) is 2. The largest absolute Gasteiger partial charge is 0.396 e. The number of hydrogen-bond donors (Lipinski definition) is 1. The van der Waals surface area contributed by atoms with E-state index in [-0.39, 0.29) is 10.3 Å². The summed E-state index contributed by atoms with van der Waals surface area (Å²) in [6.07, 6.45) is 1.08. The first-order valence-corrected chi connectivity index (χ1v) is 8.15. The van der Waals surface area contributed by atoms with Gasteiger partial charge in [-0.25, -0.2) is 12.7 Å². The number of benzene rings is 1. The highest BCUT2D eigenvalue weighted by molar-refractivity contribution is 7.89. The van der Waals surface area contributed by atoms with Crippen LogP contribution in [0.4, 0.5) is 11.4 Å². The lowest BCUT2D eigenvalue weighted by Crippen LogP contribution is -2.26. The summed E-state index contributed by atoms with van der Waals surface area (Å²) in [5.74, 6) is 0. The number of nitrogen functional groups attached to an aromatic ring is 1. The van der Waals surface area contributed by atoms with Crippen LogP contribution in [0.5, 0.6) is 0 Å². The highest BCUT2D eigenvalue weighted by atomic mass is 32.2. The molecule has 112 valence electrons. The third-order valence-electron chi connectivity index (χ3n) is 3.82. The van der Waals surface area contributed by atoms with Gasteiger partial charge in [0.1, 0.15) is 4.90 Å². The summed E-state index contributed by atoms with van der Waals surface area (Å²) < 4.78 is 25.7. The molecule has 1 aromatic carbocycles. The van der Waals surface area contributed by atoms with E-state index in [1.54, 1.807) is 12.1 Å². The highest BCUT2D eigenvalue weighted by Gasteiger charge is 2.31. The minimum atomic E-state index is -3.51. The van der Waals surface area contributed by atoms with E-state index >= 15 is 0 Å². The Labute approximate surface area is 121 Å². The second-order valence-electron chi connectivity index (χ2n) is 6.31. The van der Waals surface area contributed by atoms with Gasteiger partial charge in [0.25, 0.3) is 0 Å². The summed E-state index contributed by atoms with van der Waals surface area (Å²) in [4.78, 5) is 2.36. The van der Waals surface area contributed by atoms with Gasteiger partial charge in [0.15, 0.2) is 0 Å². The molecule has 0 aliphatic carbocycles. The normalized spacial score (nSPS) is 18.8. The molecular weight excluding hydrogens is 274 g/mol. The van der Waals surface area contributed by atoms with Crippen LogP contribution in [-0.4, -0.2) is 39.9 Å². The molecule has 0 aromatic heterocycles. The molecule has 2 rings (SSSR count). The lowest BCUT2D eigenvalue weighted by molar-refractivity contribution is 0.418. The van der Waals surface area contributed by atoms with E-state index < -0.39 is 10.0 Å². The number of hydrogen-bond acceptors (Lipinski definition) is 4. The van der Waals surface area contributed by atoms with Crippen LogP contribution in [0.2, 0.25) is 0 Å². The smallest absolute Gasteiger partial charge is 0.244 e. The Balaban J connectivity index is 2.44. The van der Waals surface area contributed by atoms with Gasteiger partial charge in [-0.3, -0.25) is 0 Å². The van der Waals surface area contributed by atoms with Gasteiger partial charge in [0.05, 0.1) is 11.4 Å². The Morgan fingerprint density at radius 2 is 1.95 bits per heavy atom. The quantitative estimate of drug-likeness (QED) is 0.863. The number of nitrogens with two attached hydrogens (primary N) is 1. The summed E-state index contributed by atoms with van der Waals surface area (Å²) in [7, 11) is -0.478. The topological polar surface area (TPSA) is 66.6 Å². The zero-order chi connectivity index (χ0) is 15.1. The van der Waals surface area contributed by atoms with Crippen LogP contribution < -0.4 is 10.6 Å². The highest BCUT2D eigenvalue weighted by Crippen LogP contribution is 2.37. The van der Waals surface area contributed by atoms with Gasteiger partial charge in [-0.15, -0.1) is 0 Å². The first-order chi connectivity index (χ1) is 9.15. The molecule has 0 radical (unpaired) electrons. The van der Waals surface area contributed by atoms with Crippen LogP contribution >= 0.6 is 0 Å². The van der Waals surface area contributed by atoms with Crippen LogP contribution in [0.15, 0.2) is 23.1 Å². The predicted octanol–water partition coefficient (Wildman–Crippen LogP) is 1.76. The maximum Gasteiger partial charge on any atom is 0.244 e. The Morgan fingerprint density at radius 3 is 2.45 bits per heavy atom. The average molecular weight is 297 g/mol. The zero-order valence-electron chi connectivity index (χ0n) is 12.5. The molecule has 1 aliphatic heterocycles. The molecule has 1 aromatic rings. The van der Waals surface area contributed by atoms with Crippen molar-refractivity contribution in [2.24, 2.45) is 5.41 Å². The van der Waals surface area contributed by atoms with Crippen LogP contribution in [-0.2, 0) is 10.0 Å². The zero-order valence-corrected chi connectivity index (χ0v) is 13.4. The maximum atomic E-state index is 12.3. The summed E-state index contributed by atoms with van der Waals surface area (Å²) in [6, 6.07) is 5.22. The molecule has 20 heavy (non-hydrogen) atoms. The summed E-state index contributed by atoms with van der Waals surface area (Å²) >= 11 is 0. The summed E-state index contributed by atoms with van der Waals surface area (Å²) in [5, 5.41) is 0. The van der Waals surface area contributed by atoms with Crippen LogP contribution in [0, 0.1) is 5.41 Å². The fourth-order valence-electron chi connectivity index (χ4n) is 2.55. The predicted molar refractivity (Wildman–Crippen MR) is 82.3 cm³/mol. The van der Waals surface area contributed by atoms with Crippen molar-refractivity contribution >= 4 is 21.4 Å². The monoisotopic (exact) mass is 297 g/mol. The van der Waals surface area contributed by atoms with Crippen molar-refractivity contribution in [2.75, 3.05) is 37.8 Å². The molecule has 0 amide bonds. The second kappa shape index (κ2) is 4.93. The molecule has 5 nitrogen and oxygen atoms in total. The standard InChI is InChI=1S/C14H23N3O2S/c1-14(2)8-9-17(10-14)11-6-5-7-12(13(11)15)20(18,19)16(3)4/h5-7H,8-10,15H2,1-4H3. The molecular formula is C14H23N3O2S. The molecule has 1 fully saturated rings. The summed E-state index contributed by atoms with van der Waals surface area (Å²) in [6.45, 7) is 6.22. The fourth-order valence-corrected chi connectivity index (χ4v) is 3.57. The molecule has 0 spiro atoms. The van der Waals surface area contributed by atoms with Crippen LogP contribution in [0.3, 0.4) is 0 Å². The maximum absolute atomic E-state index is 12.3. The molecule has 0 unspecified atom stereocenters. The van der Waals surface area contributed by atoms with E-state index in [1.165, 1.54) is 18.4 Å². The van der Waals surface area contributed by atoms with E-state index in [0.717, 1.165) is 25.2 Å². The van der Waals surface area contributed by atoms with Crippen LogP contribution in [0.1, 0.15) is 20.3 Å². The van der Waals surface area contributed by atoms with Gasteiger partial charge in [-0.05, 0) is 24.0 Å². The lowest BCUT2D eigenvalue weighted by Gasteiger charge is -2.24. The first-order valence-electron chi connectivity index (χ1n) is 6.71. The average Bonchev–Trinajstić information content (AvgIpc) is 2.69. The third-order valence-corrected chi connectivity index (χ3v) is 5.69. The van der Waals surface area contributed by atoms with Gasteiger partial charge in [0.2, 0.25) is 10.0 Å². The molecule has 1 aliphatic rings. The van der Waals surface area contributed by atoms with Crippen molar-refractivity contribution in [3.63, 3.8) is 0 Å². The number of anilines is 2. The number of rotatable bonds is 3. The number of sulfonamides is 1. The van der Waals surface area contributed by atoms with E-state index in [0.29, 0.717) is 5.69 Å². The van der Waals surface area contributed by atoms with Crippen molar-refractivity contribution in [3.8, 4) is 0 Å². The third kappa shape index (κ3) is 2.62. The Bertz CT molecular complexity index is 609. The second-order valence-corrected chi connectivity index (χ2v) is 8.43. The molecule has 1 heterocycles. The van der Waals surface area contributed by atoms with Gasteiger partial charge >= 0.3 is 0 Å². The Morgan fingerprint density at radius 1 is 1.30 bits per heavy atom. The first kappa shape index (κ1) is 15.1. The van der Waals surface area contributed by atoms with Crippen molar-refractivity contribution in [3.05, 3.63) is 18.2 Å². The fraction of sp³-hybridized carbons (Fsp3) is 0.571. The van der Waals surface area contributed by atoms with Gasteiger partial charge in [0, 0.05) is 27.2 Å².